The van der Waals surface area contributed by atoms with Gasteiger partial charge in [-0.15, -0.1) is 5.10 Å². The van der Waals surface area contributed by atoms with Crippen molar-refractivity contribution in [2.24, 2.45) is 5.92 Å². The van der Waals surface area contributed by atoms with Crippen molar-refractivity contribution in [3.8, 4) is 5.75 Å². The highest BCUT2D eigenvalue weighted by atomic mass is 16.5. The Bertz CT molecular complexity index is 1120. The number of nitrogens with one attached hydrogen (secondary N) is 1. The van der Waals surface area contributed by atoms with Gasteiger partial charge in [0.2, 0.25) is 0 Å². The number of rotatable bonds is 6. The number of ether oxygens (including phenoxy) is 1. The summed E-state index contributed by atoms with van der Waals surface area (Å²) in [5, 5.41) is 13.8. The van der Waals surface area contributed by atoms with Crippen LogP contribution in [0.25, 0.3) is 10.9 Å². The number of pyridine rings is 1. The first kappa shape index (κ1) is 21.5. The molecule has 166 valence electrons. The number of piperidine rings is 1. The van der Waals surface area contributed by atoms with Gasteiger partial charge < -0.3 is 9.72 Å². The molecule has 8 nitrogen and oxygen atoms in total. The molecule has 0 amide bonds. The zero-order chi connectivity index (χ0) is 22.2. The smallest absolute Gasteiger partial charge is 0.253 e. The van der Waals surface area contributed by atoms with Gasteiger partial charge in [-0.1, -0.05) is 13.8 Å². The number of aromatic amines is 1. The van der Waals surface area contributed by atoms with Gasteiger partial charge in [0.1, 0.15) is 11.8 Å². The van der Waals surface area contributed by atoms with Gasteiger partial charge in [0.15, 0.2) is 5.82 Å². The number of tetrazole rings is 1. The number of likely N-dealkylation sites (tertiary alicyclic amines) is 1. The summed E-state index contributed by atoms with van der Waals surface area (Å²) < 4.78 is 7.21. The maximum Gasteiger partial charge on any atom is 0.253 e. The molecule has 0 aliphatic carbocycles. The largest absolute Gasteiger partial charge is 0.497 e. The molecular formula is C23H32N6O2. The molecule has 0 bridgehead atoms. The minimum atomic E-state index is -0.307. The van der Waals surface area contributed by atoms with Crippen molar-refractivity contribution in [1.29, 1.82) is 0 Å². The van der Waals surface area contributed by atoms with Gasteiger partial charge in [-0.3, -0.25) is 9.69 Å². The van der Waals surface area contributed by atoms with Crippen molar-refractivity contribution in [2.45, 2.75) is 58.5 Å². The zero-order valence-electron chi connectivity index (χ0n) is 19.1. The molecule has 1 N–H and O–H groups in total. The molecule has 1 aliphatic heterocycles. The molecule has 0 saturated carbocycles. The third kappa shape index (κ3) is 4.08. The second-order valence-corrected chi connectivity index (χ2v) is 9.27. The predicted molar refractivity (Wildman–Crippen MR) is 120 cm³/mol. The molecule has 1 fully saturated rings. The van der Waals surface area contributed by atoms with Crippen molar-refractivity contribution in [2.75, 3.05) is 20.2 Å². The van der Waals surface area contributed by atoms with Crippen LogP contribution < -0.4 is 10.3 Å². The number of hydrogen-bond acceptors (Lipinski definition) is 6. The zero-order valence-corrected chi connectivity index (χ0v) is 19.1. The van der Waals surface area contributed by atoms with E-state index in [2.05, 4.69) is 53.1 Å². The monoisotopic (exact) mass is 424 g/mol. The first-order valence-electron chi connectivity index (χ1n) is 11.1. The van der Waals surface area contributed by atoms with Crippen LogP contribution in [-0.4, -0.2) is 50.3 Å². The fraction of sp³-hybridized carbons (Fsp3) is 0.565. The summed E-state index contributed by atoms with van der Waals surface area (Å²) in [6, 6.07) is 7.41. The Kier molecular flexibility index (Phi) is 5.83. The van der Waals surface area contributed by atoms with Crippen molar-refractivity contribution in [1.82, 2.24) is 30.1 Å². The summed E-state index contributed by atoms with van der Waals surface area (Å²) in [6.07, 6.45) is 3.17. The Morgan fingerprint density at radius 2 is 2.13 bits per heavy atom. The van der Waals surface area contributed by atoms with E-state index < -0.39 is 0 Å². The van der Waals surface area contributed by atoms with Gasteiger partial charge >= 0.3 is 0 Å². The summed E-state index contributed by atoms with van der Waals surface area (Å²) in [6.45, 7) is 10.5. The molecule has 0 radical (unpaired) electrons. The van der Waals surface area contributed by atoms with Crippen LogP contribution in [-0.2, 0) is 5.54 Å². The molecule has 3 aromatic rings. The third-order valence-electron chi connectivity index (χ3n) is 6.61. The van der Waals surface area contributed by atoms with Crippen LogP contribution in [0.3, 0.4) is 0 Å². The maximum atomic E-state index is 13.3. The Labute approximate surface area is 182 Å². The van der Waals surface area contributed by atoms with E-state index >= 15 is 0 Å². The Morgan fingerprint density at radius 3 is 2.84 bits per heavy atom. The minimum absolute atomic E-state index is 0.118. The highest BCUT2D eigenvalue weighted by molar-refractivity contribution is 5.80. The highest BCUT2D eigenvalue weighted by Crippen LogP contribution is 2.33. The Morgan fingerprint density at radius 1 is 1.32 bits per heavy atom. The summed E-state index contributed by atoms with van der Waals surface area (Å²) in [7, 11) is 1.62. The summed E-state index contributed by atoms with van der Waals surface area (Å²) in [5.41, 5.74) is 1.06. The van der Waals surface area contributed by atoms with E-state index in [1.54, 1.807) is 7.11 Å². The molecule has 31 heavy (non-hydrogen) atoms. The maximum absolute atomic E-state index is 13.3. The van der Waals surface area contributed by atoms with E-state index in [0.29, 0.717) is 17.2 Å². The van der Waals surface area contributed by atoms with Gasteiger partial charge in [0, 0.05) is 18.2 Å². The van der Waals surface area contributed by atoms with E-state index in [0.717, 1.165) is 42.7 Å². The van der Waals surface area contributed by atoms with Crippen LogP contribution in [0.1, 0.15) is 64.4 Å². The third-order valence-corrected chi connectivity index (χ3v) is 6.61. The van der Waals surface area contributed by atoms with Crippen molar-refractivity contribution < 1.29 is 4.74 Å². The number of fused-ring (bicyclic) bond motifs is 1. The number of H-pyrrole nitrogens is 1. The quantitative estimate of drug-likeness (QED) is 0.652. The molecule has 2 aromatic heterocycles. The van der Waals surface area contributed by atoms with Crippen molar-refractivity contribution >= 4 is 10.9 Å². The normalized spacial score (nSPS) is 18.9. The first-order chi connectivity index (χ1) is 14.8. The average Bonchev–Trinajstić information content (AvgIpc) is 3.24. The standard InChI is InChI=1S/C23H32N6O2/c1-6-23(3,4)29-21(25-26-27-29)20(28-11-7-8-15(2)14-28)18-12-16-9-10-17(31-5)13-19(16)24-22(18)30/h9-10,12-13,15,20H,6-8,11,14H2,1-5H3,(H,24,30)/t15-,20-/m0/s1. The molecule has 1 saturated heterocycles. The molecule has 4 rings (SSSR count). The van der Waals surface area contributed by atoms with E-state index in [-0.39, 0.29) is 17.1 Å². The Balaban J connectivity index is 1.89. The SMILES string of the molecule is CCC(C)(C)n1nnnc1[C@H](c1cc2ccc(OC)cc2[nH]c1=O)N1CCC[C@H](C)C1. The highest BCUT2D eigenvalue weighted by Gasteiger charge is 2.35. The average molecular weight is 425 g/mol. The van der Waals surface area contributed by atoms with Crippen LogP contribution >= 0.6 is 0 Å². The first-order valence-corrected chi connectivity index (χ1v) is 11.1. The van der Waals surface area contributed by atoms with Crippen LogP contribution in [0.15, 0.2) is 29.1 Å². The second kappa shape index (κ2) is 8.42. The lowest BCUT2D eigenvalue weighted by Gasteiger charge is -2.37. The number of aromatic nitrogens is 5. The van der Waals surface area contributed by atoms with Crippen LogP contribution in [0.4, 0.5) is 0 Å². The topological polar surface area (TPSA) is 88.9 Å². The summed E-state index contributed by atoms with van der Waals surface area (Å²) >= 11 is 0. The van der Waals surface area contributed by atoms with Gasteiger partial charge in [-0.2, -0.15) is 0 Å². The van der Waals surface area contributed by atoms with E-state index in [4.69, 9.17) is 4.74 Å². The van der Waals surface area contributed by atoms with Crippen LogP contribution in [0.5, 0.6) is 5.75 Å². The number of methoxy groups -OCH3 is 1. The summed E-state index contributed by atoms with van der Waals surface area (Å²) in [4.78, 5) is 18.7. The fourth-order valence-electron chi connectivity index (χ4n) is 4.43. The van der Waals surface area contributed by atoms with Crippen LogP contribution in [0, 0.1) is 5.92 Å². The lowest BCUT2D eigenvalue weighted by molar-refractivity contribution is 0.135. The summed E-state index contributed by atoms with van der Waals surface area (Å²) in [5.74, 6) is 1.99. The molecule has 1 aromatic carbocycles. The minimum Gasteiger partial charge on any atom is -0.497 e. The Hall–Kier alpha value is -2.74. The molecular weight excluding hydrogens is 392 g/mol. The van der Waals surface area contributed by atoms with E-state index in [9.17, 15) is 4.79 Å². The van der Waals surface area contributed by atoms with Crippen molar-refractivity contribution in [3.63, 3.8) is 0 Å². The van der Waals surface area contributed by atoms with Crippen LogP contribution in [0.2, 0.25) is 0 Å². The molecule has 0 unspecified atom stereocenters. The van der Waals surface area contributed by atoms with Gasteiger partial charge in [-0.25, -0.2) is 4.68 Å². The lowest BCUT2D eigenvalue weighted by Crippen LogP contribution is -2.42. The van der Waals surface area contributed by atoms with Gasteiger partial charge in [0.25, 0.3) is 5.56 Å². The second-order valence-electron chi connectivity index (χ2n) is 9.27. The lowest BCUT2D eigenvalue weighted by atomic mass is 9.94. The van der Waals surface area contributed by atoms with E-state index in [1.807, 2.05) is 28.9 Å². The molecule has 8 heteroatoms. The predicted octanol–water partition coefficient (Wildman–Crippen LogP) is 3.49. The van der Waals surface area contributed by atoms with E-state index in [1.165, 1.54) is 6.42 Å². The van der Waals surface area contributed by atoms with Crippen molar-refractivity contribution in [3.05, 3.63) is 46.0 Å². The molecule has 1 aliphatic rings. The number of benzene rings is 1. The fourth-order valence-corrected chi connectivity index (χ4v) is 4.43. The van der Waals surface area contributed by atoms with Gasteiger partial charge in [-0.05, 0) is 79.6 Å². The molecule has 3 heterocycles. The molecule has 2 atom stereocenters. The van der Waals surface area contributed by atoms with Gasteiger partial charge in [0.05, 0.1) is 18.2 Å². The number of nitrogens with zero attached hydrogens (tertiary/aromatic N) is 5. The molecule has 0 spiro atoms. The number of hydrogen-bond donors (Lipinski definition) is 1.